The van der Waals surface area contributed by atoms with E-state index in [0.717, 1.165) is 5.56 Å². The maximum atomic E-state index is 14.7. The second kappa shape index (κ2) is 13.1. The number of hydrogen-bond acceptors (Lipinski definition) is 6. The van der Waals surface area contributed by atoms with Crippen molar-refractivity contribution in [3.05, 3.63) is 113 Å². The van der Waals surface area contributed by atoms with Gasteiger partial charge in [0.2, 0.25) is 0 Å². The topological polar surface area (TPSA) is 86.8 Å². The Labute approximate surface area is 239 Å². The maximum absolute atomic E-state index is 14.7. The summed E-state index contributed by atoms with van der Waals surface area (Å²) < 4.78 is 47.2. The zero-order valence-corrected chi connectivity index (χ0v) is 24.0. The molecule has 2 heterocycles. The molecule has 0 aliphatic rings. The number of anilines is 1. The third kappa shape index (κ3) is 6.07. The first-order valence-electron chi connectivity index (χ1n) is 12.8. The van der Waals surface area contributed by atoms with Gasteiger partial charge in [0.05, 0.1) is 36.9 Å². The maximum Gasteiger partial charge on any atom is 0.255 e. The van der Waals surface area contributed by atoms with Crippen LogP contribution in [0.2, 0.25) is 0 Å². The average Bonchev–Trinajstić information content (AvgIpc) is 3.55. The van der Waals surface area contributed by atoms with Crippen LogP contribution in [0.1, 0.15) is 25.0 Å². The Bertz CT molecular complexity index is 1730. The second-order valence-corrected chi connectivity index (χ2v) is 9.88. The van der Waals surface area contributed by atoms with Gasteiger partial charge < -0.3 is 14.0 Å². The molecule has 212 valence electrons. The molecule has 0 saturated carbocycles. The van der Waals surface area contributed by atoms with Crippen LogP contribution in [-0.4, -0.2) is 28.2 Å². The number of aromatic nitrogens is 2. The molecule has 0 aliphatic carbocycles. The molecule has 41 heavy (non-hydrogen) atoms. The van der Waals surface area contributed by atoms with E-state index in [1.54, 1.807) is 41.7 Å². The Balaban J connectivity index is 0.00000189. The second-order valence-electron chi connectivity index (χ2n) is 8.47. The highest BCUT2D eigenvalue weighted by atomic mass is 32.2. The van der Waals surface area contributed by atoms with Crippen LogP contribution in [0.25, 0.3) is 22.7 Å². The molecule has 8 nitrogen and oxygen atoms in total. The van der Waals surface area contributed by atoms with E-state index in [4.69, 9.17) is 14.0 Å². The number of fused-ring (bicyclic) bond motifs is 1. The van der Waals surface area contributed by atoms with Crippen molar-refractivity contribution in [2.45, 2.75) is 25.3 Å². The number of ether oxygens (including phenoxy) is 2. The molecule has 1 unspecified atom stereocenters. The van der Waals surface area contributed by atoms with Gasteiger partial charge in [0.1, 0.15) is 23.6 Å². The van der Waals surface area contributed by atoms with Crippen molar-refractivity contribution in [3.8, 4) is 17.2 Å². The van der Waals surface area contributed by atoms with Crippen LogP contribution in [0, 0.1) is 5.82 Å². The standard InChI is InChI=1S/C29H24FN3O5S.C2H6/c1-4-20-16-27(37-3)26(17-24(20)30)33-25-11-10-23(15-21(25)7-12-29(33)34)39(35)32(28-13-14-38-31-28)18-19-5-8-22(36-2)9-6-19;1-2/h4-17H,1,18H2,2-3H3;1-2H3. The Morgan fingerprint density at radius 2 is 1.78 bits per heavy atom. The Kier molecular flexibility index (Phi) is 9.36. The van der Waals surface area contributed by atoms with Gasteiger partial charge in [0.25, 0.3) is 5.56 Å². The first kappa shape index (κ1) is 29.3. The van der Waals surface area contributed by atoms with Gasteiger partial charge in [-0.2, -0.15) is 0 Å². The molecule has 3 aromatic carbocycles. The number of methoxy groups -OCH3 is 2. The lowest BCUT2D eigenvalue weighted by atomic mass is 10.1. The summed E-state index contributed by atoms with van der Waals surface area (Å²) in [6.45, 7) is 7.90. The molecule has 0 bridgehead atoms. The zero-order valence-electron chi connectivity index (χ0n) is 23.2. The minimum absolute atomic E-state index is 0.244. The van der Waals surface area contributed by atoms with Crippen molar-refractivity contribution in [2.24, 2.45) is 0 Å². The van der Waals surface area contributed by atoms with Crippen LogP contribution in [-0.2, 0) is 17.5 Å². The number of rotatable bonds is 9. The van der Waals surface area contributed by atoms with Crippen molar-refractivity contribution in [1.82, 2.24) is 9.72 Å². The lowest BCUT2D eigenvalue weighted by Gasteiger charge is -2.21. The van der Waals surface area contributed by atoms with Gasteiger partial charge in [-0.15, -0.1) is 0 Å². The lowest BCUT2D eigenvalue weighted by Crippen LogP contribution is -2.26. The molecular formula is C31H30FN3O5S. The van der Waals surface area contributed by atoms with E-state index in [-0.39, 0.29) is 23.4 Å². The van der Waals surface area contributed by atoms with E-state index >= 15 is 0 Å². The van der Waals surface area contributed by atoms with Crippen molar-refractivity contribution in [1.29, 1.82) is 0 Å². The van der Waals surface area contributed by atoms with Crippen molar-refractivity contribution >= 4 is 33.8 Å². The van der Waals surface area contributed by atoms with Crippen molar-refractivity contribution in [3.63, 3.8) is 0 Å². The van der Waals surface area contributed by atoms with Gasteiger partial charge in [0.15, 0.2) is 16.8 Å². The minimum Gasteiger partial charge on any atom is -0.497 e. The number of pyridine rings is 1. The fraction of sp³-hybridized carbons (Fsp3) is 0.161. The molecule has 0 saturated heterocycles. The summed E-state index contributed by atoms with van der Waals surface area (Å²) in [6, 6.07) is 19.9. The first-order chi connectivity index (χ1) is 19.9. The van der Waals surface area contributed by atoms with Crippen molar-refractivity contribution < 1.29 is 22.6 Å². The molecule has 0 aliphatic heterocycles. The normalized spacial score (nSPS) is 11.3. The largest absolute Gasteiger partial charge is 0.497 e. The summed E-state index contributed by atoms with van der Waals surface area (Å²) in [5, 5.41) is 4.62. The van der Waals surface area contributed by atoms with E-state index in [0.29, 0.717) is 33.1 Å². The Morgan fingerprint density at radius 1 is 1.02 bits per heavy atom. The van der Waals surface area contributed by atoms with Gasteiger partial charge in [0, 0.05) is 29.1 Å². The fourth-order valence-corrected chi connectivity index (χ4v) is 5.41. The molecule has 0 radical (unpaired) electrons. The minimum atomic E-state index is -1.69. The van der Waals surface area contributed by atoms with Gasteiger partial charge in [-0.25, -0.2) is 8.60 Å². The summed E-state index contributed by atoms with van der Waals surface area (Å²) in [7, 11) is 1.35. The third-order valence-corrected chi connectivity index (χ3v) is 7.57. The molecule has 0 amide bonds. The summed E-state index contributed by atoms with van der Waals surface area (Å²) in [5.41, 5.74) is 1.51. The number of hydrogen-bond donors (Lipinski definition) is 0. The smallest absolute Gasteiger partial charge is 0.255 e. The van der Waals surface area contributed by atoms with E-state index in [1.807, 2.05) is 38.1 Å². The summed E-state index contributed by atoms with van der Waals surface area (Å²) in [4.78, 5) is 13.4. The monoisotopic (exact) mass is 575 g/mol. The van der Waals surface area contributed by atoms with Crippen LogP contribution in [0.4, 0.5) is 10.2 Å². The molecule has 10 heteroatoms. The molecule has 0 fully saturated rings. The van der Waals surface area contributed by atoms with Crippen LogP contribution >= 0.6 is 0 Å². The van der Waals surface area contributed by atoms with E-state index < -0.39 is 16.8 Å². The first-order valence-corrected chi connectivity index (χ1v) is 13.9. The van der Waals surface area contributed by atoms with E-state index in [1.165, 1.54) is 42.2 Å². The summed E-state index contributed by atoms with van der Waals surface area (Å²) in [5.74, 6) is 0.885. The highest BCUT2D eigenvalue weighted by Gasteiger charge is 2.21. The van der Waals surface area contributed by atoms with Crippen LogP contribution < -0.4 is 19.3 Å². The highest BCUT2D eigenvalue weighted by Crippen LogP contribution is 2.30. The Hall–Kier alpha value is -4.70. The lowest BCUT2D eigenvalue weighted by molar-refractivity contribution is 0.411. The SMILES string of the molecule is C=Cc1cc(OC)c(-n2c(=O)ccc3cc(S(=O)N(Cc4ccc(OC)cc4)c4ccon4)ccc32)cc1F.CC. The molecule has 0 N–H and O–H groups in total. The Morgan fingerprint density at radius 3 is 2.41 bits per heavy atom. The molecule has 5 rings (SSSR count). The molecular weight excluding hydrogens is 545 g/mol. The fourth-order valence-electron chi connectivity index (χ4n) is 4.22. The average molecular weight is 576 g/mol. The third-order valence-electron chi connectivity index (χ3n) is 6.19. The van der Waals surface area contributed by atoms with Gasteiger partial charge in [-0.3, -0.25) is 13.7 Å². The molecule has 2 aromatic heterocycles. The van der Waals surface area contributed by atoms with Crippen LogP contribution in [0.15, 0.2) is 99.9 Å². The van der Waals surface area contributed by atoms with E-state index in [2.05, 4.69) is 11.7 Å². The van der Waals surface area contributed by atoms with Crippen LogP contribution in [0.5, 0.6) is 11.5 Å². The number of benzene rings is 3. The predicted molar refractivity (Wildman–Crippen MR) is 160 cm³/mol. The number of nitrogens with zero attached hydrogens (tertiary/aromatic N) is 3. The zero-order chi connectivity index (χ0) is 29.5. The molecule has 0 spiro atoms. The summed E-state index contributed by atoms with van der Waals surface area (Å²) >= 11 is 0. The van der Waals surface area contributed by atoms with Crippen LogP contribution in [0.3, 0.4) is 0 Å². The quantitative estimate of drug-likeness (QED) is 0.199. The molecule has 1 atom stereocenters. The van der Waals surface area contributed by atoms with Gasteiger partial charge >= 0.3 is 0 Å². The van der Waals surface area contributed by atoms with Gasteiger partial charge in [-0.05, 0) is 48.0 Å². The predicted octanol–water partition coefficient (Wildman–Crippen LogP) is 6.53. The number of halogens is 1. The van der Waals surface area contributed by atoms with E-state index in [9.17, 15) is 13.4 Å². The van der Waals surface area contributed by atoms with Crippen molar-refractivity contribution in [2.75, 3.05) is 18.5 Å². The summed E-state index contributed by atoms with van der Waals surface area (Å²) in [6.07, 6.45) is 2.79. The van der Waals surface area contributed by atoms with Gasteiger partial charge in [-0.1, -0.05) is 43.8 Å². The highest BCUT2D eigenvalue weighted by molar-refractivity contribution is 7.86. The molecule has 5 aromatic rings.